The van der Waals surface area contributed by atoms with Gasteiger partial charge in [0.05, 0.1) is 35.4 Å². The molecule has 1 amide bonds. The van der Waals surface area contributed by atoms with E-state index in [4.69, 9.17) is 16.3 Å². The molecule has 2 atom stereocenters. The molecule has 7 nitrogen and oxygen atoms in total. The quantitative estimate of drug-likeness (QED) is 0.655. The van der Waals surface area contributed by atoms with E-state index in [2.05, 4.69) is 5.10 Å². The summed E-state index contributed by atoms with van der Waals surface area (Å²) in [6.07, 6.45) is 2.26. The van der Waals surface area contributed by atoms with E-state index in [1.54, 1.807) is 9.58 Å². The number of ether oxygens (including phenoxy) is 1. The number of nitrogens with zero attached hydrogens (tertiary/aromatic N) is 3. The first-order chi connectivity index (χ1) is 14.7. The summed E-state index contributed by atoms with van der Waals surface area (Å²) >= 11 is 6.31. The number of aromatic nitrogens is 2. The Labute approximate surface area is 188 Å². The topological polar surface area (TPSA) is 81.5 Å². The third kappa shape index (κ3) is 4.81. The maximum Gasteiger partial charge on any atom is 0.257 e. The van der Waals surface area contributed by atoms with Crippen molar-refractivity contribution in [3.05, 3.63) is 51.8 Å². The Kier molecular flexibility index (Phi) is 6.42. The van der Waals surface area contributed by atoms with Gasteiger partial charge in [0, 0.05) is 29.9 Å². The van der Waals surface area contributed by atoms with Crippen molar-refractivity contribution in [3.63, 3.8) is 0 Å². The molecule has 2 aromatic rings. The van der Waals surface area contributed by atoms with Crippen molar-refractivity contribution < 1.29 is 17.9 Å². The Balaban J connectivity index is 1.63. The van der Waals surface area contributed by atoms with E-state index in [0.717, 1.165) is 24.1 Å². The predicted octanol–water partition coefficient (Wildman–Crippen LogP) is 3.01. The maximum atomic E-state index is 13.7. The third-order valence-electron chi connectivity index (χ3n) is 6.21. The second kappa shape index (κ2) is 8.92. The lowest BCUT2D eigenvalue weighted by molar-refractivity contribution is 0.0440. The van der Waals surface area contributed by atoms with E-state index >= 15 is 0 Å². The lowest BCUT2D eigenvalue weighted by Gasteiger charge is -2.30. The molecule has 1 aromatic carbocycles. The molecule has 2 unspecified atom stereocenters. The summed E-state index contributed by atoms with van der Waals surface area (Å²) in [4.78, 5) is 15.4. The van der Waals surface area contributed by atoms with Crippen LogP contribution in [-0.2, 0) is 21.1 Å². The summed E-state index contributed by atoms with van der Waals surface area (Å²) in [5.74, 6) is -0.0356. The van der Waals surface area contributed by atoms with Crippen molar-refractivity contribution in [3.8, 4) is 0 Å². The maximum absolute atomic E-state index is 13.7. The van der Waals surface area contributed by atoms with Gasteiger partial charge in [0.15, 0.2) is 9.84 Å². The summed E-state index contributed by atoms with van der Waals surface area (Å²) in [5.41, 5.74) is 2.84. The van der Waals surface area contributed by atoms with Crippen LogP contribution in [0.25, 0.3) is 0 Å². The molecule has 2 saturated heterocycles. The molecule has 3 heterocycles. The van der Waals surface area contributed by atoms with Crippen LogP contribution in [0.2, 0.25) is 5.02 Å². The minimum Gasteiger partial charge on any atom is -0.376 e. The Morgan fingerprint density at radius 2 is 2.06 bits per heavy atom. The predicted molar refractivity (Wildman–Crippen MR) is 119 cm³/mol. The number of carbonyl (C=O) groups is 1. The molecule has 0 N–H and O–H groups in total. The summed E-state index contributed by atoms with van der Waals surface area (Å²) in [7, 11) is -3.12. The van der Waals surface area contributed by atoms with Crippen LogP contribution in [0.1, 0.15) is 46.6 Å². The van der Waals surface area contributed by atoms with E-state index in [1.165, 1.54) is 0 Å². The highest BCUT2D eigenvalue weighted by Crippen LogP contribution is 2.26. The fourth-order valence-corrected chi connectivity index (χ4v) is 6.44. The van der Waals surface area contributed by atoms with Gasteiger partial charge in [-0.05, 0) is 44.7 Å². The zero-order valence-corrected chi connectivity index (χ0v) is 19.5. The minimum absolute atomic E-state index is 0.0112. The molecule has 0 radical (unpaired) electrons. The zero-order chi connectivity index (χ0) is 22.2. The third-order valence-corrected chi connectivity index (χ3v) is 8.33. The highest BCUT2D eigenvalue weighted by Gasteiger charge is 2.38. The van der Waals surface area contributed by atoms with Crippen molar-refractivity contribution in [2.45, 2.75) is 51.8 Å². The Morgan fingerprint density at radius 3 is 2.71 bits per heavy atom. The first-order valence-electron chi connectivity index (χ1n) is 10.7. The molecule has 0 saturated carbocycles. The Hall–Kier alpha value is -1.90. The molecule has 4 rings (SSSR count). The molecule has 168 valence electrons. The highest BCUT2D eigenvalue weighted by molar-refractivity contribution is 7.91. The second-order valence-corrected chi connectivity index (χ2v) is 11.1. The molecule has 2 aliphatic heterocycles. The molecule has 9 heteroatoms. The number of rotatable bonds is 6. The fraction of sp³-hybridized carbons (Fsp3) is 0.545. The average molecular weight is 466 g/mol. The molecule has 2 fully saturated rings. The van der Waals surface area contributed by atoms with Gasteiger partial charge in [-0.15, -0.1) is 0 Å². The number of sulfone groups is 1. The smallest absolute Gasteiger partial charge is 0.257 e. The SMILES string of the molecule is Cc1nn(Cc2ccccc2Cl)c(C)c1C(=O)N(CC1CCCO1)C1CCS(=O)(=O)C1. The lowest BCUT2D eigenvalue weighted by atomic mass is 10.1. The summed E-state index contributed by atoms with van der Waals surface area (Å²) in [6.45, 7) is 5.25. The van der Waals surface area contributed by atoms with Crippen LogP contribution in [0.3, 0.4) is 0 Å². The van der Waals surface area contributed by atoms with Gasteiger partial charge < -0.3 is 9.64 Å². The number of benzene rings is 1. The first kappa shape index (κ1) is 22.3. The van der Waals surface area contributed by atoms with Gasteiger partial charge in [0.2, 0.25) is 0 Å². The largest absolute Gasteiger partial charge is 0.376 e. The van der Waals surface area contributed by atoms with Gasteiger partial charge in [-0.2, -0.15) is 5.10 Å². The zero-order valence-electron chi connectivity index (χ0n) is 17.9. The van der Waals surface area contributed by atoms with Gasteiger partial charge in [-0.25, -0.2) is 8.42 Å². The Morgan fingerprint density at radius 1 is 1.29 bits per heavy atom. The number of carbonyl (C=O) groups excluding carboxylic acids is 1. The van der Waals surface area contributed by atoms with Crippen LogP contribution < -0.4 is 0 Å². The van der Waals surface area contributed by atoms with E-state index in [-0.39, 0.29) is 29.6 Å². The number of hydrogen-bond donors (Lipinski definition) is 0. The van der Waals surface area contributed by atoms with Crippen LogP contribution in [0.5, 0.6) is 0 Å². The number of aryl methyl sites for hydroxylation is 1. The number of amides is 1. The van der Waals surface area contributed by atoms with Crippen LogP contribution in [0.4, 0.5) is 0 Å². The first-order valence-corrected chi connectivity index (χ1v) is 12.9. The van der Waals surface area contributed by atoms with E-state index in [1.807, 2.05) is 38.1 Å². The molecule has 0 aliphatic carbocycles. The minimum atomic E-state index is -3.12. The van der Waals surface area contributed by atoms with Crippen molar-refractivity contribution in [2.75, 3.05) is 24.7 Å². The van der Waals surface area contributed by atoms with Crippen LogP contribution >= 0.6 is 11.6 Å². The van der Waals surface area contributed by atoms with Crippen molar-refractivity contribution in [1.82, 2.24) is 14.7 Å². The average Bonchev–Trinajstić information content (AvgIpc) is 3.42. The van der Waals surface area contributed by atoms with Crippen LogP contribution in [0.15, 0.2) is 24.3 Å². The fourth-order valence-electron chi connectivity index (χ4n) is 4.52. The van der Waals surface area contributed by atoms with Gasteiger partial charge in [0.25, 0.3) is 5.91 Å². The molecule has 0 spiro atoms. The second-order valence-electron chi connectivity index (χ2n) is 8.44. The van der Waals surface area contributed by atoms with Gasteiger partial charge in [-0.3, -0.25) is 9.48 Å². The molecule has 31 heavy (non-hydrogen) atoms. The molecule has 1 aromatic heterocycles. The van der Waals surface area contributed by atoms with Crippen LogP contribution in [-0.4, -0.2) is 65.8 Å². The van der Waals surface area contributed by atoms with Crippen molar-refractivity contribution in [2.24, 2.45) is 0 Å². The summed E-state index contributed by atoms with van der Waals surface area (Å²) in [6, 6.07) is 7.24. The highest BCUT2D eigenvalue weighted by atomic mass is 35.5. The van der Waals surface area contributed by atoms with Gasteiger partial charge in [0.1, 0.15) is 0 Å². The van der Waals surface area contributed by atoms with Crippen molar-refractivity contribution >= 4 is 27.3 Å². The van der Waals surface area contributed by atoms with E-state index < -0.39 is 9.84 Å². The lowest BCUT2D eigenvalue weighted by Crippen LogP contribution is -2.45. The van der Waals surface area contributed by atoms with Crippen LogP contribution in [0, 0.1) is 13.8 Å². The standard InChI is InChI=1S/C22H28ClN3O4S/c1-15-21(16(2)26(24-15)12-17-6-3-4-8-20(17)23)22(27)25(13-19-7-5-10-30-19)18-9-11-31(28,29)14-18/h3-4,6,8,18-19H,5,7,9-14H2,1-2H3. The normalized spacial score (nSPS) is 22.7. The Bertz CT molecular complexity index is 1080. The van der Waals surface area contributed by atoms with Gasteiger partial charge in [-0.1, -0.05) is 29.8 Å². The molecular weight excluding hydrogens is 438 g/mol. The van der Waals surface area contributed by atoms with E-state index in [9.17, 15) is 13.2 Å². The molecule has 0 bridgehead atoms. The monoisotopic (exact) mass is 465 g/mol. The summed E-state index contributed by atoms with van der Waals surface area (Å²) in [5, 5.41) is 5.25. The van der Waals surface area contributed by atoms with E-state index in [0.29, 0.717) is 42.4 Å². The van der Waals surface area contributed by atoms with Crippen molar-refractivity contribution in [1.29, 1.82) is 0 Å². The van der Waals surface area contributed by atoms with Gasteiger partial charge >= 0.3 is 0 Å². The number of halogens is 1. The number of hydrogen-bond acceptors (Lipinski definition) is 5. The molecule has 2 aliphatic rings. The molecular formula is C22H28ClN3O4S. The summed E-state index contributed by atoms with van der Waals surface area (Å²) < 4.78 is 31.8.